The van der Waals surface area contributed by atoms with Crippen LogP contribution in [0.2, 0.25) is 0 Å². The zero-order valence-corrected chi connectivity index (χ0v) is 37.2. The van der Waals surface area contributed by atoms with Gasteiger partial charge in [0.1, 0.15) is 0 Å². The van der Waals surface area contributed by atoms with Crippen molar-refractivity contribution in [1.29, 1.82) is 0 Å². The molecular formula is C49H54F6Zr. The summed E-state index contributed by atoms with van der Waals surface area (Å²) < 4.78 is 75.6. The molecule has 296 valence electrons. The van der Waals surface area contributed by atoms with Crippen LogP contribution in [-0.2, 0) is 64.7 Å². The molecule has 0 heterocycles. The summed E-state index contributed by atoms with van der Waals surface area (Å²) in [6.07, 6.45) is 2.19. The van der Waals surface area contributed by atoms with Gasteiger partial charge in [0.25, 0.3) is 0 Å². The number of fused-ring (bicyclic) bond motifs is 3. The van der Waals surface area contributed by atoms with Crippen molar-refractivity contribution < 1.29 is 50.6 Å². The molecule has 0 atom stereocenters. The Morgan fingerprint density at radius 3 is 1.32 bits per heavy atom. The van der Waals surface area contributed by atoms with Crippen LogP contribution in [0, 0.1) is 12.1 Å². The van der Waals surface area contributed by atoms with Gasteiger partial charge in [-0.05, 0) is 39.4 Å². The van der Waals surface area contributed by atoms with E-state index in [9.17, 15) is 26.3 Å². The van der Waals surface area contributed by atoms with Crippen molar-refractivity contribution in [2.75, 3.05) is 0 Å². The first-order valence-electron chi connectivity index (χ1n) is 18.9. The first-order valence-corrected chi connectivity index (χ1v) is 20.2. The van der Waals surface area contributed by atoms with Crippen molar-refractivity contribution in [1.82, 2.24) is 0 Å². The van der Waals surface area contributed by atoms with Gasteiger partial charge in [0.05, 0.1) is 0 Å². The van der Waals surface area contributed by atoms with E-state index in [-0.39, 0.29) is 21.7 Å². The maximum Gasteiger partial charge on any atom is -0.109 e. The third-order valence-corrected chi connectivity index (χ3v) is 11.2. The van der Waals surface area contributed by atoms with Crippen molar-refractivity contribution in [3.63, 3.8) is 0 Å². The molecular weight excluding hydrogens is 794 g/mol. The molecule has 0 unspecified atom stereocenters. The SMILES string of the molecule is CC(C)(C)c1[c-]c2c(cc1C(C)(C)C)-c1cc(C(C)(C)C)c(C(C)(C)C)cc1C2.FC(F)(F)c1ccc([C](=[Zr+2])c2ccc(C(F)(F)F)cc2)cc1.[C-]1=CC=CC1. The van der Waals surface area contributed by atoms with Crippen molar-refractivity contribution in [3.05, 3.63) is 153 Å². The van der Waals surface area contributed by atoms with E-state index in [1.165, 1.54) is 68.8 Å². The normalized spacial score (nSPS) is 14.1. The second kappa shape index (κ2) is 16.5. The fourth-order valence-electron chi connectivity index (χ4n) is 6.78. The van der Waals surface area contributed by atoms with Gasteiger partial charge in [0.15, 0.2) is 0 Å². The molecule has 4 aromatic carbocycles. The minimum Gasteiger partial charge on any atom is -0.273 e. The number of hydrogen-bond donors (Lipinski definition) is 0. The summed E-state index contributed by atoms with van der Waals surface area (Å²) in [5, 5.41) is 0. The summed E-state index contributed by atoms with van der Waals surface area (Å²) in [4.78, 5) is 0. The molecule has 0 fully saturated rings. The van der Waals surface area contributed by atoms with Crippen LogP contribution in [0.3, 0.4) is 0 Å². The zero-order chi connectivity index (χ0) is 42.2. The van der Waals surface area contributed by atoms with Crippen molar-refractivity contribution in [2.45, 2.75) is 130 Å². The van der Waals surface area contributed by atoms with Gasteiger partial charge in [-0.1, -0.05) is 106 Å². The Kier molecular flexibility index (Phi) is 13.4. The van der Waals surface area contributed by atoms with Crippen LogP contribution in [0.1, 0.15) is 145 Å². The van der Waals surface area contributed by atoms with Crippen LogP contribution in [0.25, 0.3) is 11.1 Å². The minimum atomic E-state index is -4.41. The number of allylic oxidation sites excluding steroid dienone is 4. The Balaban J connectivity index is 0.000000227. The molecule has 4 aromatic rings. The first-order chi connectivity index (χ1) is 25.5. The molecule has 0 amide bonds. The number of hydrogen-bond acceptors (Lipinski definition) is 0. The topological polar surface area (TPSA) is 0 Å². The Labute approximate surface area is 345 Å². The molecule has 0 aliphatic heterocycles. The van der Waals surface area contributed by atoms with Crippen LogP contribution in [0.5, 0.6) is 0 Å². The second-order valence-corrected chi connectivity index (χ2v) is 19.9. The number of rotatable bonds is 2. The van der Waals surface area contributed by atoms with Gasteiger partial charge in [0, 0.05) is 0 Å². The van der Waals surface area contributed by atoms with E-state index < -0.39 is 23.5 Å². The Hall–Kier alpha value is -3.31. The van der Waals surface area contributed by atoms with Gasteiger partial charge < -0.3 is 0 Å². The third kappa shape index (κ3) is 11.2. The molecule has 0 radical (unpaired) electrons. The molecule has 0 saturated carbocycles. The van der Waals surface area contributed by atoms with E-state index >= 15 is 0 Å². The molecule has 56 heavy (non-hydrogen) atoms. The van der Waals surface area contributed by atoms with E-state index in [1.54, 1.807) is 0 Å². The van der Waals surface area contributed by atoms with Gasteiger partial charge in [-0.2, -0.15) is 23.8 Å². The predicted molar refractivity (Wildman–Crippen MR) is 216 cm³/mol. The van der Waals surface area contributed by atoms with E-state index in [2.05, 4.69) is 120 Å². The number of alkyl halides is 6. The monoisotopic (exact) mass is 846 g/mol. The van der Waals surface area contributed by atoms with Crippen LogP contribution < -0.4 is 0 Å². The summed E-state index contributed by atoms with van der Waals surface area (Å²) in [5.74, 6) is 0. The van der Waals surface area contributed by atoms with Crippen LogP contribution >= 0.6 is 0 Å². The zero-order valence-electron chi connectivity index (χ0n) is 34.8. The van der Waals surface area contributed by atoms with Gasteiger partial charge >= 0.3 is 137 Å². The van der Waals surface area contributed by atoms with Gasteiger partial charge in [0.2, 0.25) is 0 Å². The molecule has 0 bridgehead atoms. The Bertz CT molecular complexity index is 1930. The maximum atomic E-state index is 12.5. The standard InChI is InChI=1S/C29H41.C15H8F6.C5H5.Zr/c1-26(2,3)22-14-18-13-19-15-23(27(4,5)6)25(29(10,11)12)17-21(19)20(18)16-24(22)28(7,8)9;16-14(17,18)12-5-1-10(2-6-12)9-11-3-7-13(8-4-11)15(19,20)21;1-2-4-5-3-1;/h14,16-17H,13H2,1-12H3;1-8H;1-3H,4H2;/q-1;;-1;+2. The van der Waals surface area contributed by atoms with E-state index in [1.807, 2.05) is 12.2 Å². The summed E-state index contributed by atoms with van der Waals surface area (Å²) in [5.41, 5.74) is 11.6. The second-order valence-electron chi connectivity index (χ2n) is 18.7. The molecule has 0 N–H and O–H groups in total. The fraction of sp³-hybridized carbons (Fsp3) is 0.408. The van der Waals surface area contributed by atoms with Gasteiger partial charge in [-0.3, -0.25) is 6.08 Å². The maximum absolute atomic E-state index is 12.5. The number of benzene rings is 4. The van der Waals surface area contributed by atoms with E-state index in [0.29, 0.717) is 14.3 Å². The third-order valence-electron chi connectivity index (χ3n) is 9.82. The van der Waals surface area contributed by atoms with E-state index in [0.717, 1.165) is 61.3 Å². The van der Waals surface area contributed by atoms with Crippen molar-refractivity contribution in [3.8, 4) is 11.1 Å². The molecule has 2 aliphatic carbocycles. The average molecular weight is 848 g/mol. The molecule has 0 nitrogen and oxygen atoms in total. The Morgan fingerprint density at radius 2 is 0.982 bits per heavy atom. The van der Waals surface area contributed by atoms with Crippen LogP contribution in [0.15, 0.2) is 85.0 Å². The summed E-state index contributed by atoms with van der Waals surface area (Å²) >= 11 is 0.898. The molecule has 0 aromatic heterocycles. The van der Waals surface area contributed by atoms with Gasteiger partial charge in [-0.25, -0.2) is 12.2 Å². The summed E-state index contributed by atoms with van der Waals surface area (Å²) in [6, 6.07) is 20.5. The van der Waals surface area contributed by atoms with Crippen molar-refractivity contribution in [2.24, 2.45) is 0 Å². The number of halogens is 6. The molecule has 2 aliphatic rings. The molecule has 7 heteroatoms. The Morgan fingerprint density at radius 1 is 0.554 bits per heavy atom. The molecule has 0 saturated heterocycles. The van der Waals surface area contributed by atoms with Crippen LogP contribution in [-0.4, -0.2) is 3.21 Å². The summed E-state index contributed by atoms with van der Waals surface area (Å²) in [6.45, 7) is 28.0. The minimum absolute atomic E-state index is 0.0968. The van der Waals surface area contributed by atoms with Crippen molar-refractivity contribution >= 4 is 3.21 Å². The first kappa shape index (κ1) is 45.4. The fourth-order valence-corrected chi connectivity index (χ4v) is 7.60. The van der Waals surface area contributed by atoms with E-state index in [4.69, 9.17) is 0 Å². The van der Waals surface area contributed by atoms with Gasteiger partial charge in [-0.15, -0.1) is 23.1 Å². The quantitative estimate of drug-likeness (QED) is 0.123. The molecule has 0 spiro atoms. The predicted octanol–water partition coefficient (Wildman–Crippen LogP) is 14.4. The summed E-state index contributed by atoms with van der Waals surface area (Å²) in [7, 11) is 0. The van der Waals surface area contributed by atoms with Crippen LogP contribution in [0.4, 0.5) is 26.3 Å². The largest absolute Gasteiger partial charge is 0.273 e. The smallest absolute Gasteiger partial charge is 0.109 e. The average Bonchev–Trinajstić information content (AvgIpc) is 3.77. The molecule has 6 rings (SSSR count).